The Morgan fingerprint density at radius 3 is 2.69 bits per heavy atom. The van der Waals surface area contributed by atoms with Crippen LogP contribution < -0.4 is 16.0 Å². The molecule has 0 aromatic heterocycles. The Morgan fingerprint density at radius 2 is 2.12 bits per heavy atom. The van der Waals surface area contributed by atoms with Crippen LogP contribution in [-0.2, 0) is 16.0 Å². The van der Waals surface area contributed by atoms with Crippen molar-refractivity contribution >= 4 is 17.7 Å². The van der Waals surface area contributed by atoms with Crippen molar-refractivity contribution in [2.75, 3.05) is 45.8 Å². The zero-order valence-electron chi connectivity index (χ0n) is 15.4. The van der Waals surface area contributed by atoms with Crippen molar-refractivity contribution in [2.45, 2.75) is 19.4 Å². The highest BCUT2D eigenvalue weighted by atomic mass is 16.5. The normalized spacial score (nSPS) is 19.9. The molecule has 1 saturated heterocycles. The van der Waals surface area contributed by atoms with Crippen molar-refractivity contribution in [3.05, 3.63) is 29.8 Å². The lowest BCUT2D eigenvalue weighted by atomic mass is 9.84. The molecule has 1 atom stereocenters. The van der Waals surface area contributed by atoms with E-state index in [1.54, 1.807) is 7.05 Å². The molecule has 4 N–H and O–H groups in total. The predicted molar refractivity (Wildman–Crippen MR) is 100 cm³/mol. The molecule has 1 amide bonds. The van der Waals surface area contributed by atoms with Crippen LogP contribution in [-0.4, -0.2) is 57.7 Å². The Balaban J connectivity index is 1.82. The number of carbonyl (C=O) groups excluding carboxylic acids is 1. The fourth-order valence-corrected chi connectivity index (χ4v) is 2.86. The van der Waals surface area contributed by atoms with Gasteiger partial charge in [-0.15, -0.1) is 0 Å². The molecule has 1 unspecified atom stereocenters. The van der Waals surface area contributed by atoms with Crippen molar-refractivity contribution in [3.63, 3.8) is 0 Å². The quantitative estimate of drug-likeness (QED) is 0.430. The molecule has 144 valence electrons. The SMILES string of the molecule is CN=C(NCc1ccc(NC(=O)OC)cc1)NCC1(CCO)CCOC1. The molecule has 0 radical (unpaired) electrons. The third-order valence-electron chi connectivity index (χ3n) is 4.53. The van der Waals surface area contributed by atoms with E-state index < -0.39 is 6.09 Å². The number of nitrogens with zero attached hydrogens (tertiary/aromatic N) is 1. The van der Waals surface area contributed by atoms with Crippen LogP contribution in [0.5, 0.6) is 0 Å². The molecule has 0 bridgehead atoms. The smallest absolute Gasteiger partial charge is 0.411 e. The molecule has 8 nitrogen and oxygen atoms in total. The molecular formula is C18H28N4O4. The van der Waals surface area contributed by atoms with E-state index >= 15 is 0 Å². The van der Waals surface area contributed by atoms with Gasteiger partial charge < -0.3 is 25.2 Å². The van der Waals surface area contributed by atoms with Crippen molar-refractivity contribution in [3.8, 4) is 0 Å². The lowest BCUT2D eigenvalue weighted by Crippen LogP contribution is -2.44. The molecule has 0 spiro atoms. The van der Waals surface area contributed by atoms with Crippen LogP contribution in [0.2, 0.25) is 0 Å². The van der Waals surface area contributed by atoms with Gasteiger partial charge in [0.2, 0.25) is 0 Å². The Hall–Kier alpha value is -2.32. The van der Waals surface area contributed by atoms with Crippen LogP contribution >= 0.6 is 0 Å². The predicted octanol–water partition coefficient (Wildman–Crippen LogP) is 1.32. The second kappa shape index (κ2) is 9.98. The van der Waals surface area contributed by atoms with Gasteiger partial charge in [0.05, 0.1) is 13.7 Å². The number of hydrogen-bond donors (Lipinski definition) is 4. The fourth-order valence-electron chi connectivity index (χ4n) is 2.86. The first-order chi connectivity index (χ1) is 12.6. The molecule has 1 heterocycles. The number of rotatable bonds is 7. The molecule has 1 aliphatic heterocycles. The van der Waals surface area contributed by atoms with E-state index in [1.165, 1.54) is 7.11 Å². The van der Waals surface area contributed by atoms with Crippen LogP contribution in [0.15, 0.2) is 29.3 Å². The number of benzene rings is 1. The molecule has 8 heteroatoms. The molecule has 1 aromatic rings. The van der Waals surface area contributed by atoms with Crippen LogP contribution in [0.3, 0.4) is 0 Å². The first kappa shape index (κ1) is 20.0. The molecule has 1 aromatic carbocycles. The van der Waals surface area contributed by atoms with Gasteiger partial charge in [-0.3, -0.25) is 10.3 Å². The zero-order chi connectivity index (χ0) is 18.8. The summed E-state index contributed by atoms with van der Waals surface area (Å²) in [5.41, 5.74) is 1.70. The highest BCUT2D eigenvalue weighted by molar-refractivity contribution is 5.84. The minimum Gasteiger partial charge on any atom is -0.453 e. The van der Waals surface area contributed by atoms with Gasteiger partial charge >= 0.3 is 6.09 Å². The van der Waals surface area contributed by atoms with Crippen LogP contribution in [0.1, 0.15) is 18.4 Å². The number of aliphatic hydroxyl groups is 1. The van der Waals surface area contributed by atoms with E-state index in [2.05, 4.69) is 25.7 Å². The van der Waals surface area contributed by atoms with Crippen molar-refractivity contribution in [1.29, 1.82) is 0 Å². The zero-order valence-corrected chi connectivity index (χ0v) is 15.4. The van der Waals surface area contributed by atoms with E-state index in [0.717, 1.165) is 18.6 Å². The molecular weight excluding hydrogens is 336 g/mol. The summed E-state index contributed by atoms with van der Waals surface area (Å²) in [6, 6.07) is 7.47. The van der Waals surface area contributed by atoms with Crippen molar-refractivity contribution in [2.24, 2.45) is 10.4 Å². The molecule has 0 aliphatic carbocycles. The van der Waals surface area contributed by atoms with E-state index in [9.17, 15) is 9.90 Å². The standard InChI is InChI=1S/C18H28N4O4/c1-19-16(21-12-18(7-9-23)8-10-26-13-18)20-11-14-3-5-15(6-4-14)22-17(24)25-2/h3-6,23H,7-13H2,1-2H3,(H,22,24)(H2,19,20,21). The average molecular weight is 364 g/mol. The number of hydrogen-bond acceptors (Lipinski definition) is 5. The number of methoxy groups -OCH3 is 1. The molecule has 26 heavy (non-hydrogen) atoms. The summed E-state index contributed by atoms with van der Waals surface area (Å²) >= 11 is 0. The van der Waals surface area contributed by atoms with Crippen molar-refractivity contribution < 1.29 is 19.4 Å². The number of amides is 1. The topological polar surface area (TPSA) is 104 Å². The average Bonchev–Trinajstić information content (AvgIpc) is 3.12. The van der Waals surface area contributed by atoms with Gasteiger partial charge in [0.15, 0.2) is 5.96 Å². The number of nitrogens with one attached hydrogen (secondary N) is 3. The number of aliphatic imine (C=N–C) groups is 1. The maximum absolute atomic E-state index is 11.2. The number of guanidine groups is 1. The van der Waals surface area contributed by atoms with Gasteiger partial charge in [-0.2, -0.15) is 0 Å². The summed E-state index contributed by atoms with van der Waals surface area (Å²) in [5.74, 6) is 0.700. The summed E-state index contributed by atoms with van der Waals surface area (Å²) in [7, 11) is 3.05. The number of ether oxygens (including phenoxy) is 2. The van der Waals surface area contributed by atoms with E-state index in [0.29, 0.717) is 37.8 Å². The van der Waals surface area contributed by atoms with Gasteiger partial charge in [-0.05, 0) is 30.5 Å². The molecule has 0 saturated carbocycles. The van der Waals surface area contributed by atoms with Gasteiger partial charge in [0.25, 0.3) is 0 Å². The Kier molecular flexibility index (Phi) is 7.68. The summed E-state index contributed by atoms with van der Waals surface area (Å²) in [5, 5.41) is 18.5. The minimum absolute atomic E-state index is 0.0342. The van der Waals surface area contributed by atoms with E-state index in [1.807, 2.05) is 24.3 Å². The van der Waals surface area contributed by atoms with Crippen LogP contribution in [0.25, 0.3) is 0 Å². The van der Waals surface area contributed by atoms with Gasteiger partial charge in [0.1, 0.15) is 0 Å². The number of aliphatic hydroxyl groups excluding tert-OH is 1. The van der Waals surface area contributed by atoms with Crippen LogP contribution in [0, 0.1) is 5.41 Å². The Morgan fingerprint density at radius 1 is 1.35 bits per heavy atom. The maximum Gasteiger partial charge on any atom is 0.411 e. The molecule has 1 aliphatic rings. The minimum atomic E-state index is -0.492. The summed E-state index contributed by atoms with van der Waals surface area (Å²) < 4.78 is 10.1. The maximum atomic E-state index is 11.2. The van der Waals surface area contributed by atoms with E-state index in [4.69, 9.17) is 4.74 Å². The van der Waals surface area contributed by atoms with E-state index in [-0.39, 0.29) is 12.0 Å². The largest absolute Gasteiger partial charge is 0.453 e. The molecule has 1 fully saturated rings. The monoisotopic (exact) mass is 364 g/mol. The Bertz CT molecular complexity index is 598. The first-order valence-corrected chi connectivity index (χ1v) is 8.68. The van der Waals surface area contributed by atoms with Gasteiger partial charge in [-0.25, -0.2) is 4.79 Å². The van der Waals surface area contributed by atoms with Gasteiger partial charge in [-0.1, -0.05) is 12.1 Å². The second-order valence-corrected chi connectivity index (χ2v) is 6.37. The lowest BCUT2D eigenvalue weighted by molar-refractivity contribution is 0.127. The highest BCUT2D eigenvalue weighted by Gasteiger charge is 2.34. The first-order valence-electron chi connectivity index (χ1n) is 8.68. The Labute approximate surface area is 154 Å². The van der Waals surface area contributed by atoms with Crippen LogP contribution in [0.4, 0.5) is 10.5 Å². The molecule has 2 rings (SSSR count). The number of carbonyl (C=O) groups is 1. The number of anilines is 1. The third kappa shape index (κ3) is 5.89. The summed E-state index contributed by atoms with van der Waals surface area (Å²) in [4.78, 5) is 15.4. The van der Waals surface area contributed by atoms with Crippen molar-refractivity contribution in [1.82, 2.24) is 10.6 Å². The fraction of sp³-hybridized carbons (Fsp3) is 0.556. The highest BCUT2D eigenvalue weighted by Crippen LogP contribution is 2.31. The summed E-state index contributed by atoms with van der Waals surface area (Å²) in [6.45, 7) is 2.85. The third-order valence-corrected chi connectivity index (χ3v) is 4.53. The van der Waals surface area contributed by atoms with Gasteiger partial charge in [0, 0.05) is 44.5 Å². The second-order valence-electron chi connectivity index (χ2n) is 6.37. The lowest BCUT2D eigenvalue weighted by Gasteiger charge is -2.27. The summed E-state index contributed by atoms with van der Waals surface area (Å²) in [6.07, 6.45) is 1.16.